The molecular weight excluding hydrogens is 478 g/mol. The summed E-state index contributed by atoms with van der Waals surface area (Å²) in [5.74, 6) is 3.42. The van der Waals surface area contributed by atoms with Gasteiger partial charge in [0.2, 0.25) is 5.75 Å². The van der Waals surface area contributed by atoms with Gasteiger partial charge in [-0.2, -0.15) is 0 Å². The summed E-state index contributed by atoms with van der Waals surface area (Å²) in [6.07, 6.45) is 0. The van der Waals surface area contributed by atoms with Gasteiger partial charge in [-0.3, -0.25) is 0 Å². The second-order valence-electron chi connectivity index (χ2n) is 8.13. The summed E-state index contributed by atoms with van der Waals surface area (Å²) in [5, 5.41) is 11.8. The van der Waals surface area contributed by atoms with Crippen LogP contribution in [0.2, 0.25) is 0 Å². The van der Waals surface area contributed by atoms with Crippen molar-refractivity contribution in [2.24, 2.45) is 0 Å². The average molecular weight is 510 g/mol. The molecule has 0 spiro atoms. The van der Waals surface area contributed by atoms with Crippen molar-refractivity contribution in [3.05, 3.63) is 42.5 Å². The monoisotopic (exact) mass is 509 g/mol. The maximum absolute atomic E-state index is 12.9. The lowest BCUT2D eigenvalue weighted by molar-refractivity contribution is 0.207. The molecule has 0 saturated carbocycles. The van der Waals surface area contributed by atoms with Crippen LogP contribution in [-0.4, -0.2) is 82.9 Å². The van der Waals surface area contributed by atoms with Gasteiger partial charge in [0.05, 0.1) is 41.2 Å². The first-order chi connectivity index (χ1) is 18.0. The fraction of sp³-hybridized carbons (Fsp3) is 0.346. The Morgan fingerprint density at radius 2 is 1.35 bits per heavy atom. The Morgan fingerprint density at radius 3 is 1.84 bits per heavy atom. The number of hydrogen-bond donors (Lipinski definition) is 1. The lowest BCUT2D eigenvalue weighted by Crippen LogP contribution is -2.50. The maximum atomic E-state index is 12.9. The van der Waals surface area contributed by atoms with Crippen LogP contribution in [0, 0.1) is 0 Å². The minimum absolute atomic E-state index is 0.216. The Kier molecular flexibility index (Phi) is 8.02. The van der Waals surface area contributed by atoms with Crippen LogP contribution in [0.15, 0.2) is 42.5 Å². The summed E-state index contributed by atoms with van der Waals surface area (Å²) in [5.41, 5.74) is 1.97. The number of nitrogens with one attached hydrogen (secondary N) is 1. The normalized spacial score (nSPS) is 13.1. The van der Waals surface area contributed by atoms with Gasteiger partial charge < -0.3 is 38.8 Å². The highest BCUT2D eigenvalue weighted by Crippen LogP contribution is 2.41. The topological polar surface area (TPSA) is 108 Å². The van der Waals surface area contributed by atoms with Gasteiger partial charge >= 0.3 is 6.03 Å². The first-order valence-corrected chi connectivity index (χ1v) is 11.7. The molecule has 1 saturated heterocycles. The minimum Gasteiger partial charge on any atom is -0.494 e. The number of methoxy groups -OCH3 is 5. The first kappa shape index (κ1) is 25.7. The van der Waals surface area contributed by atoms with E-state index in [2.05, 4.69) is 20.4 Å². The van der Waals surface area contributed by atoms with Gasteiger partial charge in [-0.1, -0.05) is 6.07 Å². The summed E-state index contributed by atoms with van der Waals surface area (Å²) >= 11 is 0. The van der Waals surface area contributed by atoms with E-state index in [0.717, 1.165) is 11.4 Å². The van der Waals surface area contributed by atoms with Crippen LogP contribution < -0.4 is 33.9 Å². The van der Waals surface area contributed by atoms with Gasteiger partial charge in [0.25, 0.3) is 0 Å². The Morgan fingerprint density at radius 1 is 0.757 bits per heavy atom. The molecule has 0 bridgehead atoms. The predicted molar refractivity (Wildman–Crippen MR) is 139 cm³/mol. The highest BCUT2D eigenvalue weighted by Gasteiger charge is 2.24. The quantitative estimate of drug-likeness (QED) is 0.488. The van der Waals surface area contributed by atoms with E-state index in [-0.39, 0.29) is 6.03 Å². The third-order valence-corrected chi connectivity index (χ3v) is 6.16. The molecule has 1 aromatic heterocycles. The molecule has 1 aliphatic heterocycles. The predicted octanol–water partition coefficient (Wildman–Crippen LogP) is 3.54. The SMILES string of the molecule is COc1cccc(OC)c1NC(=O)N1CCN(c2ccc(-c3cc(OC)c(OC)c(OC)c3)nn2)CC1. The van der Waals surface area contributed by atoms with Gasteiger partial charge in [-0.05, 0) is 36.4 Å². The second kappa shape index (κ2) is 11.5. The van der Waals surface area contributed by atoms with E-state index in [0.29, 0.717) is 66.3 Å². The fourth-order valence-corrected chi connectivity index (χ4v) is 4.18. The van der Waals surface area contributed by atoms with Crippen molar-refractivity contribution in [3.63, 3.8) is 0 Å². The molecule has 1 fully saturated rings. The molecule has 0 radical (unpaired) electrons. The van der Waals surface area contributed by atoms with Crippen molar-refractivity contribution in [1.29, 1.82) is 0 Å². The molecule has 196 valence electrons. The number of piperazine rings is 1. The number of aromatic nitrogens is 2. The van der Waals surface area contributed by atoms with Crippen molar-refractivity contribution >= 4 is 17.5 Å². The number of nitrogens with zero attached hydrogens (tertiary/aromatic N) is 4. The molecule has 0 aliphatic carbocycles. The molecule has 3 aromatic rings. The number of ether oxygens (including phenoxy) is 5. The highest BCUT2D eigenvalue weighted by molar-refractivity contribution is 5.93. The van der Waals surface area contributed by atoms with E-state index < -0.39 is 0 Å². The number of urea groups is 1. The van der Waals surface area contributed by atoms with Crippen LogP contribution >= 0.6 is 0 Å². The largest absolute Gasteiger partial charge is 0.494 e. The van der Waals surface area contributed by atoms with E-state index >= 15 is 0 Å². The molecule has 2 heterocycles. The van der Waals surface area contributed by atoms with Gasteiger partial charge in [0, 0.05) is 31.7 Å². The minimum atomic E-state index is -0.216. The van der Waals surface area contributed by atoms with E-state index in [1.54, 1.807) is 58.6 Å². The zero-order valence-electron chi connectivity index (χ0n) is 21.6. The van der Waals surface area contributed by atoms with Crippen LogP contribution in [0.3, 0.4) is 0 Å². The molecule has 1 aliphatic rings. The summed E-state index contributed by atoms with van der Waals surface area (Å²) in [6, 6.07) is 12.6. The van der Waals surface area contributed by atoms with Crippen molar-refractivity contribution in [2.75, 3.05) is 71.9 Å². The zero-order valence-corrected chi connectivity index (χ0v) is 21.6. The Hall–Kier alpha value is -4.41. The molecule has 2 amide bonds. The lowest BCUT2D eigenvalue weighted by Gasteiger charge is -2.35. The summed E-state index contributed by atoms with van der Waals surface area (Å²) in [6.45, 7) is 2.29. The molecule has 4 rings (SSSR count). The van der Waals surface area contributed by atoms with E-state index in [4.69, 9.17) is 23.7 Å². The molecule has 0 atom stereocenters. The van der Waals surface area contributed by atoms with Crippen molar-refractivity contribution in [1.82, 2.24) is 15.1 Å². The zero-order chi connectivity index (χ0) is 26.4. The van der Waals surface area contributed by atoms with Gasteiger partial charge in [-0.15, -0.1) is 10.2 Å². The van der Waals surface area contributed by atoms with Gasteiger partial charge in [0.1, 0.15) is 17.2 Å². The average Bonchev–Trinajstić information content (AvgIpc) is 2.96. The van der Waals surface area contributed by atoms with Gasteiger partial charge in [0.15, 0.2) is 17.3 Å². The Balaban J connectivity index is 1.41. The number of benzene rings is 2. The number of carbonyl (C=O) groups is 1. The molecule has 1 N–H and O–H groups in total. The third-order valence-electron chi connectivity index (χ3n) is 6.16. The fourth-order valence-electron chi connectivity index (χ4n) is 4.18. The Bertz CT molecular complexity index is 1180. The number of carbonyl (C=O) groups excluding carboxylic acids is 1. The summed E-state index contributed by atoms with van der Waals surface area (Å²) in [7, 11) is 7.81. The van der Waals surface area contributed by atoms with Crippen LogP contribution in [0.5, 0.6) is 28.7 Å². The lowest BCUT2D eigenvalue weighted by atomic mass is 10.1. The molecule has 0 unspecified atom stereocenters. The van der Waals surface area contributed by atoms with Crippen molar-refractivity contribution in [3.8, 4) is 40.0 Å². The highest BCUT2D eigenvalue weighted by atomic mass is 16.5. The second-order valence-corrected chi connectivity index (χ2v) is 8.13. The number of anilines is 2. The number of amides is 2. The van der Waals surface area contributed by atoms with Gasteiger partial charge in [-0.25, -0.2) is 4.79 Å². The van der Waals surface area contributed by atoms with Crippen LogP contribution in [0.4, 0.5) is 16.3 Å². The number of para-hydroxylation sites is 1. The van der Waals surface area contributed by atoms with Crippen molar-refractivity contribution in [2.45, 2.75) is 0 Å². The molecular formula is C26H31N5O6. The third kappa shape index (κ3) is 5.40. The molecule has 11 heteroatoms. The molecule has 11 nitrogen and oxygen atoms in total. The van der Waals surface area contributed by atoms with E-state index in [1.165, 1.54) is 0 Å². The van der Waals surface area contributed by atoms with Crippen molar-refractivity contribution < 1.29 is 28.5 Å². The molecule has 37 heavy (non-hydrogen) atoms. The summed E-state index contributed by atoms with van der Waals surface area (Å²) < 4.78 is 27.0. The van der Waals surface area contributed by atoms with Crippen LogP contribution in [-0.2, 0) is 0 Å². The van der Waals surface area contributed by atoms with E-state index in [1.807, 2.05) is 24.3 Å². The standard InChI is InChI=1S/C26H31N5O6/c1-33-19-7-6-8-20(34-2)24(19)27-26(32)31-13-11-30(12-14-31)23-10-9-18(28-29-23)17-15-21(35-3)25(37-5)22(16-17)36-4/h6-10,15-16H,11-14H2,1-5H3,(H,27,32). The number of hydrogen-bond acceptors (Lipinski definition) is 9. The Labute approximate surface area is 215 Å². The smallest absolute Gasteiger partial charge is 0.322 e. The first-order valence-electron chi connectivity index (χ1n) is 11.7. The molecule has 2 aromatic carbocycles. The van der Waals surface area contributed by atoms with Crippen LogP contribution in [0.25, 0.3) is 11.3 Å². The number of rotatable bonds is 8. The summed E-state index contributed by atoms with van der Waals surface area (Å²) in [4.78, 5) is 16.8. The van der Waals surface area contributed by atoms with E-state index in [9.17, 15) is 4.79 Å². The van der Waals surface area contributed by atoms with Crippen LogP contribution in [0.1, 0.15) is 0 Å². The maximum Gasteiger partial charge on any atom is 0.322 e.